The van der Waals surface area contributed by atoms with Crippen molar-refractivity contribution in [3.05, 3.63) is 47.8 Å². The van der Waals surface area contributed by atoms with Crippen LogP contribution in [0.5, 0.6) is 0 Å². The Morgan fingerprint density at radius 3 is 2.35 bits per heavy atom. The summed E-state index contributed by atoms with van der Waals surface area (Å²) in [5.41, 5.74) is 6.41. The molecule has 0 amide bonds. The largest absolute Gasteiger partial charge is 0.464 e. The minimum Gasteiger partial charge on any atom is -0.464 e. The van der Waals surface area contributed by atoms with Crippen molar-refractivity contribution in [1.29, 1.82) is 0 Å². The Kier molecular flexibility index (Phi) is 3.54. The maximum Gasteiger partial charge on any atom is 0.357 e. The molecule has 1 heterocycles. The van der Waals surface area contributed by atoms with Gasteiger partial charge in [0, 0.05) is 6.20 Å². The van der Waals surface area contributed by atoms with Gasteiger partial charge in [-0.25, -0.2) is 17.2 Å². The number of hydrogen-bond donors (Lipinski definition) is 1. The first-order valence-corrected chi connectivity index (χ1v) is 7.19. The number of nitrogens with zero attached hydrogens (tertiary/aromatic N) is 1. The van der Waals surface area contributed by atoms with Gasteiger partial charge in [-0.2, -0.15) is 0 Å². The van der Waals surface area contributed by atoms with Crippen LogP contribution >= 0.6 is 0 Å². The molecule has 0 aliphatic rings. The molecule has 0 atom stereocenters. The molecule has 1 aromatic heterocycles. The van der Waals surface area contributed by atoms with Crippen molar-refractivity contribution in [2.75, 3.05) is 12.8 Å². The zero-order chi connectivity index (χ0) is 14.9. The van der Waals surface area contributed by atoms with Gasteiger partial charge in [0.25, 0.3) is 10.0 Å². The fourth-order valence-corrected chi connectivity index (χ4v) is 3.11. The van der Waals surface area contributed by atoms with Gasteiger partial charge in [-0.3, -0.25) is 0 Å². The third kappa shape index (κ3) is 2.27. The minimum absolute atomic E-state index is 0.0486. The molecule has 0 spiro atoms. The fraction of sp³-hybridized carbons (Fsp3) is 0.154. The normalized spacial score (nSPS) is 11.3. The smallest absolute Gasteiger partial charge is 0.357 e. The Balaban J connectivity index is 2.61. The van der Waals surface area contributed by atoms with Crippen molar-refractivity contribution in [1.82, 2.24) is 3.97 Å². The van der Waals surface area contributed by atoms with Gasteiger partial charge in [0.1, 0.15) is 0 Å². The summed E-state index contributed by atoms with van der Waals surface area (Å²) in [5.74, 6) is -0.803. The number of aromatic nitrogens is 1. The molecule has 0 radical (unpaired) electrons. The lowest BCUT2D eigenvalue weighted by Crippen LogP contribution is -2.19. The summed E-state index contributed by atoms with van der Waals surface area (Å²) in [5, 5.41) is 0. The van der Waals surface area contributed by atoms with Gasteiger partial charge in [0.05, 0.1) is 17.7 Å². The summed E-state index contributed by atoms with van der Waals surface area (Å²) in [4.78, 5) is 11.7. The first-order valence-electron chi connectivity index (χ1n) is 5.75. The molecular weight excluding hydrogens is 280 g/mol. The molecule has 1 aromatic carbocycles. The number of nitrogen functional groups attached to an aromatic ring is 1. The van der Waals surface area contributed by atoms with E-state index in [-0.39, 0.29) is 16.3 Å². The summed E-state index contributed by atoms with van der Waals surface area (Å²) >= 11 is 0. The van der Waals surface area contributed by atoms with E-state index in [1.165, 1.54) is 24.4 Å². The molecule has 0 saturated carbocycles. The predicted molar refractivity (Wildman–Crippen MR) is 73.9 cm³/mol. The Hall–Kier alpha value is -2.28. The number of carbonyl (C=O) groups excluding carboxylic acids is 1. The Bertz CT molecular complexity index is 745. The van der Waals surface area contributed by atoms with Crippen LogP contribution in [0.2, 0.25) is 0 Å². The van der Waals surface area contributed by atoms with Crippen LogP contribution in [0.1, 0.15) is 16.1 Å². The second-order valence-electron chi connectivity index (χ2n) is 4.23. The van der Waals surface area contributed by atoms with Crippen molar-refractivity contribution in [3.8, 4) is 0 Å². The van der Waals surface area contributed by atoms with Gasteiger partial charge in [-0.1, -0.05) is 17.7 Å². The van der Waals surface area contributed by atoms with Crippen LogP contribution in [0.3, 0.4) is 0 Å². The quantitative estimate of drug-likeness (QED) is 0.864. The van der Waals surface area contributed by atoms with Gasteiger partial charge >= 0.3 is 5.97 Å². The molecular formula is C13H14N2O4S. The van der Waals surface area contributed by atoms with Crippen LogP contribution in [0.15, 0.2) is 41.4 Å². The number of anilines is 1. The van der Waals surface area contributed by atoms with E-state index in [1.807, 2.05) is 6.92 Å². The van der Waals surface area contributed by atoms with Gasteiger partial charge < -0.3 is 10.5 Å². The summed E-state index contributed by atoms with van der Waals surface area (Å²) < 4.78 is 30.4. The summed E-state index contributed by atoms with van der Waals surface area (Å²) in [6.07, 6.45) is 1.23. The van der Waals surface area contributed by atoms with E-state index in [0.717, 1.165) is 16.6 Å². The number of hydrogen-bond acceptors (Lipinski definition) is 5. The highest BCUT2D eigenvalue weighted by atomic mass is 32.2. The van der Waals surface area contributed by atoms with Crippen LogP contribution in [0, 0.1) is 6.92 Å². The maximum absolute atomic E-state index is 12.5. The molecule has 2 aromatic rings. The monoisotopic (exact) mass is 294 g/mol. The highest BCUT2D eigenvalue weighted by Gasteiger charge is 2.25. The molecule has 2 rings (SSSR count). The number of ether oxygens (including phenoxy) is 1. The van der Waals surface area contributed by atoms with Crippen molar-refractivity contribution in [3.63, 3.8) is 0 Å². The average Bonchev–Trinajstić information content (AvgIpc) is 2.81. The predicted octanol–water partition coefficient (Wildman–Crippen LogP) is 1.40. The highest BCUT2D eigenvalue weighted by molar-refractivity contribution is 7.90. The minimum atomic E-state index is -3.88. The van der Waals surface area contributed by atoms with Gasteiger partial charge in [0.15, 0.2) is 5.69 Å². The van der Waals surface area contributed by atoms with Gasteiger partial charge in [0.2, 0.25) is 0 Å². The second kappa shape index (κ2) is 5.01. The number of nitrogens with two attached hydrogens (primary N) is 1. The molecule has 0 fully saturated rings. The molecule has 2 N–H and O–H groups in total. The van der Waals surface area contributed by atoms with E-state index in [9.17, 15) is 13.2 Å². The third-order valence-electron chi connectivity index (χ3n) is 2.84. The van der Waals surface area contributed by atoms with Crippen LogP contribution in [-0.4, -0.2) is 25.5 Å². The van der Waals surface area contributed by atoms with Crippen LogP contribution in [0.25, 0.3) is 0 Å². The van der Waals surface area contributed by atoms with E-state index >= 15 is 0 Å². The van der Waals surface area contributed by atoms with E-state index in [4.69, 9.17) is 5.73 Å². The zero-order valence-corrected chi connectivity index (χ0v) is 11.8. The zero-order valence-electron chi connectivity index (χ0n) is 11.0. The standard InChI is InChI=1S/C13H14N2O4S/c1-9-3-5-10(6-4-9)20(17,18)15-8-7-11(14)12(15)13(16)19-2/h3-8H,14H2,1-2H3. The van der Waals surface area contributed by atoms with Crippen molar-refractivity contribution in [2.45, 2.75) is 11.8 Å². The van der Waals surface area contributed by atoms with E-state index < -0.39 is 16.0 Å². The maximum atomic E-state index is 12.5. The van der Waals surface area contributed by atoms with Crippen molar-refractivity contribution < 1.29 is 17.9 Å². The summed E-state index contributed by atoms with van der Waals surface area (Å²) in [6.45, 7) is 1.85. The van der Waals surface area contributed by atoms with Gasteiger partial charge in [-0.15, -0.1) is 0 Å². The first kappa shape index (κ1) is 14.1. The van der Waals surface area contributed by atoms with Crippen LogP contribution in [0.4, 0.5) is 5.69 Å². The second-order valence-corrected chi connectivity index (χ2v) is 6.04. The summed E-state index contributed by atoms with van der Waals surface area (Å²) in [7, 11) is -2.72. The number of aryl methyl sites for hydroxylation is 1. The lowest BCUT2D eigenvalue weighted by molar-refractivity contribution is 0.0594. The summed E-state index contributed by atoms with van der Waals surface area (Å²) in [6, 6.07) is 7.65. The average molecular weight is 294 g/mol. The molecule has 20 heavy (non-hydrogen) atoms. The fourth-order valence-electron chi connectivity index (χ4n) is 1.76. The SMILES string of the molecule is COC(=O)c1c(N)ccn1S(=O)(=O)c1ccc(C)cc1. The first-order chi connectivity index (χ1) is 9.37. The molecule has 6 nitrogen and oxygen atoms in total. The Morgan fingerprint density at radius 1 is 1.20 bits per heavy atom. The van der Waals surface area contributed by atoms with Crippen LogP contribution in [-0.2, 0) is 14.8 Å². The van der Waals surface area contributed by atoms with E-state index in [1.54, 1.807) is 12.1 Å². The Morgan fingerprint density at radius 2 is 1.80 bits per heavy atom. The number of rotatable bonds is 3. The molecule has 0 bridgehead atoms. The molecule has 0 aliphatic carbocycles. The molecule has 7 heteroatoms. The topological polar surface area (TPSA) is 91.4 Å². The number of esters is 1. The van der Waals surface area contributed by atoms with E-state index in [2.05, 4.69) is 4.74 Å². The third-order valence-corrected chi connectivity index (χ3v) is 4.53. The van der Waals surface area contributed by atoms with Crippen molar-refractivity contribution >= 4 is 21.7 Å². The lowest BCUT2D eigenvalue weighted by atomic mass is 10.2. The number of benzene rings is 1. The number of carbonyl (C=O) groups is 1. The molecule has 0 unspecified atom stereocenters. The molecule has 106 valence electrons. The van der Waals surface area contributed by atoms with E-state index in [0.29, 0.717) is 0 Å². The Labute approximate surface area is 116 Å². The van der Waals surface area contributed by atoms with Gasteiger partial charge in [-0.05, 0) is 25.1 Å². The highest BCUT2D eigenvalue weighted by Crippen LogP contribution is 2.22. The molecule has 0 saturated heterocycles. The molecule has 0 aliphatic heterocycles. The lowest BCUT2D eigenvalue weighted by Gasteiger charge is -2.10. The van der Waals surface area contributed by atoms with Crippen molar-refractivity contribution in [2.24, 2.45) is 0 Å². The van der Waals surface area contributed by atoms with Crippen LogP contribution < -0.4 is 5.73 Å². The number of methoxy groups -OCH3 is 1.